The van der Waals surface area contributed by atoms with Crippen LogP contribution in [0, 0.1) is 6.92 Å². The fraction of sp³-hybridized carbons (Fsp3) is 0.250. The molecule has 104 valence electrons. The van der Waals surface area contributed by atoms with Crippen LogP contribution in [0.15, 0.2) is 48.8 Å². The van der Waals surface area contributed by atoms with Crippen molar-refractivity contribution in [3.8, 4) is 5.75 Å². The van der Waals surface area contributed by atoms with Crippen LogP contribution >= 0.6 is 0 Å². The van der Waals surface area contributed by atoms with E-state index in [0.29, 0.717) is 17.9 Å². The van der Waals surface area contributed by atoms with Crippen LogP contribution in [0.5, 0.6) is 5.75 Å². The summed E-state index contributed by atoms with van der Waals surface area (Å²) in [5, 5.41) is 2.80. The van der Waals surface area contributed by atoms with Crippen molar-refractivity contribution in [1.29, 1.82) is 0 Å². The summed E-state index contributed by atoms with van der Waals surface area (Å²) in [6.07, 6.45) is 3.35. The van der Waals surface area contributed by atoms with E-state index in [2.05, 4.69) is 10.3 Å². The van der Waals surface area contributed by atoms with Gasteiger partial charge in [-0.2, -0.15) is 0 Å². The molecule has 0 aliphatic rings. The summed E-state index contributed by atoms with van der Waals surface area (Å²) in [5.41, 5.74) is 1.83. The molecule has 1 amide bonds. The average Bonchev–Trinajstić information content (AvgIpc) is 2.47. The molecule has 2 aromatic rings. The summed E-state index contributed by atoms with van der Waals surface area (Å²) in [6, 6.07) is 11.2. The monoisotopic (exact) mass is 270 g/mol. The molecule has 1 heterocycles. The van der Waals surface area contributed by atoms with Gasteiger partial charge in [0.2, 0.25) is 0 Å². The highest BCUT2D eigenvalue weighted by Crippen LogP contribution is 2.15. The summed E-state index contributed by atoms with van der Waals surface area (Å²) >= 11 is 0. The van der Waals surface area contributed by atoms with E-state index in [9.17, 15) is 4.79 Å². The number of carbonyl (C=O) groups excluding carboxylic acids is 1. The topological polar surface area (TPSA) is 51.2 Å². The summed E-state index contributed by atoms with van der Waals surface area (Å²) in [4.78, 5) is 16.1. The lowest BCUT2D eigenvalue weighted by Gasteiger charge is -2.17. The van der Waals surface area contributed by atoms with Crippen LogP contribution in [0.2, 0.25) is 0 Å². The molecule has 0 saturated heterocycles. The van der Waals surface area contributed by atoms with E-state index in [1.807, 2.05) is 38.1 Å². The van der Waals surface area contributed by atoms with E-state index in [-0.39, 0.29) is 5.91 Å². The zero-order valence-electron chi connectivity index (χ0n) is 11.7. The van der Waals surface area contributed by atoms with E-state index in [4.69, 9.17) is 4.74 Å². The zero-order valence-corrected chi connectivity index (χ0v) is 11.7. The van der Waals surface area contributed by atoms with Crippen molar-refractivity contribution >= 4 is 11.6 Å². The molecule has 1 N–H and O–H groups in total. The van der Waals surface area contributed by atoms with Crippen molar-refractivity contribution in [2.75, 3.05) is 5.32 Å². The van der Waals surface area contributed by atoms with Crippen LogP contribution < -0.4 is 10.1 Å². The van der Waals surface area contributed by atoms with Crippen LogP contribution in [0.3, 0.4) is 0 Å². The predicted octanol–water partition coefficient (Wildman–Crippen LogP) is 3.19. The summed E-state index contributed by atoms with van der Waals surface area (Å²) in [7, 11) is 0. The van der Waals surface area contributed by atoms with Gasteiger partial charge in [0, 0.05) is 6.20 Å². The van der Waals surface area contributed by atoms with Crippen molar-refractivity contribution < 1.29 is 9.53 Å². The Morgan fingerprint density at radius 2 is 2.05 bits per heavy atom. The summed E-state index contributed by atoms with van der Waals surface area (Å²) in [6.45, 7) is 3.93. The second-order valence-electron chi connectivity index (χ2n) is 4.56. The first-order valence-electron chi connectivity index (χ1n) is 6.63. The number of benzene rings is 1. The van der Waals surface area contributed by atoms with Crippen LogP contribution in [0.1, 0.15) is 18.9 Å². The molecule has 0 spiro atoms. The third-order valence-corrected chi connectivity index (χ3v) is 2.89. The molecule has 1 aromatic carbocycles. The molecule has 1 aromatic heterocycles. The normalized spacial score (nSPS) is 11.7. The standard InChI is InChI=1S/C16H18N2O2/c1-3-15(20-14-8-6-12(2)7-9-14)16(19)18-13-5-4-10-17-11-13/h4-11,15H,3H2,1-2H3,(H,18,19)/t15-/m0/s1. The second kappa shape index (κ2) is 6.70. The van der Waals surface area contributed by atoms with Crippen LogP contribution in [0.25, 0.3) is 0 Å². The van der Waals surface area contributed by atoms with Gasteiger partial charge in [0.15, 0.2) is 6.10 Å². The maximum absolute atomic E-state index is 12.2. The number of hydrogen-bond donors (Lipinski definition) is 1. The molecule has 0 aliphatic carbocycles. The number of amides is 1. The lowest BCUT2D eigenvalue weighted by atomic mass is 10.2. The maximum atomic E-state index is 12.2. The molecular weight excluding hydrogens is 252 g/mol. The average molecular weight is 270 g/mol. The van der Waals surface area contributed by atoms with Gasteiger partial charge in [-0.1, -0.05) is 24.6 Å². The van der Waals surface area contributed by atoms with Gasteiger partial charge in [-0.15, -0.1) is 0 Å². The Hall–Kier alpha value is -2.36. The molecule has 0 bridgehead atoms. The molecule has 0 radical (unpaired) electrons. The highest BCUT2D eigenvalue weighted by molar-refractivity contribution is 5.94. The fourth-order valence-corrected chi connectivity index (χ4v) is 1.76. The lowest BCUT2D eigenvalue weighted by Crippen LogP contribution is -2.32. The number of nitrogens with zero attached hydrogens (tertiary/aromatic N) is 1. The Labute approximate surface area is 118 Å². The molecule has 0 saturated carbocycles. The molecule has 4 heteroatoms. The van der Waals surface area contributed by atoms with Crippen molar-refractivity contribution in [3.05, 3.63) is 54.4 Å². The number of aromatic nitrogens is 1. The number of carbonyl (C=O) groups is 1. The predicted molar refractivity (Wildman–Crippen MR) is 78.8 cm³/mol. The number of ether oxygens (including phenoxy) is 1. The van der Waals surface area contributed by atoms with E-state index >= 15 is 0 Å². The first-order valence-corrected chi connectivity index (χ1v) is 6.63. The third-order valence-electron chi connectivity index (χ3n) is 2.89. The van der Waals surface area contributed by atoms with E-state index < -0.39 is 6.10 Å². The second-order valence-corrected chi connectivity index (χ2v) is 4.56. The number of nitrogens with one attached hydrogen (secondary N) is 1. The Morgan fingerprint density at radius 3 is 2.65 bits per heavy atom. The molecule has 2 rings (SSSR count). The Morgan fingerprint density at radius 1 is 1.30 bits per heavy atom. The zero-order chi connectivity index (χ0) is 14.4. The van der Waals surface area contributed by atoms with Gasteiger partial charge in [0.25, 0.3) is 5.91 Å². The number of anilines is 1. The molecule has 0 aliphatic heterocycles. The van der Waals surface area contributed by atoms with Gasteiger partial charge in [-0.3, -0.25) is 9.78 Å². The molecular formula is C16H18N2O2. The molecule has 1 atom stereocenters. The Balaban J connectivity index is 2.00. The van der Waals surface area contributed by atoms with Crippen LogP contribution in [-0.4, -0.2) is 17.0 Å². The molecule has 20 heavy (non-hydrogen) atoms. The first-order chi connectivity index (χ1) is 9.69. The highest BCUT2D eigenvalue weighted by Gasteiger charge is 2.18. The minimum Gasteiger partial charge on any atom is -0.481 e. The van der Waals surface area contributed by atoms with E-state index in [1.165, 1.54) is 0 Å². The SMILES string of the molecule is CC[C@H](Oc1ccc(C)cc1)C(=O)Nc1cccnc1. The molecule has 4 nitrogen and oxygen atoms in total. The minimum absolute atomic E-state index is 0.166. The number of aryl methyl sites for hydroxylation is 1. The lowest BCUT2D eigenvalue weighted by molar-refractivity contribution is -0.122. The van der Waals surface area contributed by atoms with Crippen molar-refractivity contribution in [2.24, 2.45) is 0 Å². The van der Waals surface area contributed by atoms with Gasteiger partial charge in [-0.05, 0) is 37.6 Å². The largest absolute Gasteiger partial charge is 0.481 e. The Bertz CT molecular complexity index is 552. The first kappa shape index (κ1) is 14.1. The van der Waals surface area contributed by atoms with E-state index in [0.717, 1.165) is 5.56 Å². The van der Waals surface area contributed by atoms with Crippen LogP contribution in [-0.2, 0) is 4.79 Å². The minimum atomic E-state index is -0.516. The third kappa shape index (κ3) is 3.82. The van der Waals surface area contributed by atoms with E-state index in [1.54, 1.807) is 24.5 Å². The van der Waals surface area contributed by atoms with Gasteiger partial charge in [0.1, 0.15) is 5.75 Å². The van der Waals surface area contributed by atoms with Crippen molar-refractivity contribution in [2.45, 2.75) is 26.4 Å². The molecule has 0 unspecified atom stereocenters. The van der Waals surface area contributed by atoms with Gasteiger partial charge in [-0.25, -0.2) is 0 Å². The smallest absolute Gasteiger partial charge is 0.265 e. The summed E-state index contributed by atoms with van der Waals surface area (Å²) in [5.74, 6) is 0.532. The van der Waals surface area contributed by atoms with Gasteiger partial charge < -0.3 is 10.1 Å². The number of hydrogen-bond acceptors (Lipinski definition) is 3. The van der Waals surface area contributed by atoms with Gasteiger partial charge in [0.05, 0.1) is 11.9 Å². The maximum Gasteiger partial charge on any atom is 0.265 e. The van der Waals surface area contributed by atoms with Crippen LogP contribution in [0.4, 0.5) is 5.69 Å². The quantitative estimate of drug-likeness (QED) is 0.907. The fourth-order valence-electron chi connectivity index (χ4n) is 1.76. The summed E-state index contributed by atoms with van der Waals surface area (Å²) < 4.78 is 5.72. The molecule has 0 fully saturated rings. The highest BCUT2D eigenvalue weighted by atomic mass is 16.5. The van der Waals surface area contributed by atoms with Crippen molar-refractivity contribution in [1.82, 2.24) is 4.98 Å². The van der Waals surface area contributed by atoms with Crippen molar-refractivity contribution in [3.63, 3.8) is 0 Å². The number of rotatable bonds is 5. The number of pyridine rings is 1. The Kier molecular flexibility index (Phi) is 4.71. The van der Waals surface area contributed by atoms with Gasteiger partial charge >= 0.3 is 0 Å².